The smallest absolute Gasteiger partial charge is 0.251 e. The summed E-state index contributed by atoms with van der Waals surface area (Å²) in [6.45, 7) is 3.56. The summed E-state index contributed by atoms with van der Waals surface area (Å²) < 4.78 is 1.79. The second-order valence-corrected chi connectivity index (χ2v) is 5.54. The zero-order chi connectivity index (χ0) is 15.3. The van der Waals surface area contributed by atoms with E-state index in [4.69, 9.17) is 5.73 Å². The lowest BCUT2D eigenvalue weighted by atomic mass is 10.1. The number of aromatic nitrogens is 5. The van der Waals surface area contributed by atoms with Crippen molar-refractivity contribution in [3.8, 4) is 0 Å². The van der Waals surface area contributed by atoms with Gasteiger partial charge in [0.1, 0.15) is 11.8 Å². The number of primary amides is 1. The van der Waals surface area contributed by atoms with E-state index in [0.29, 0.717) is 5.56 Å². The minimum Gasteiger partial charge on any atom is -0.366 e. The molecule has 3 aromatic rings. The van der Waals surface area contributed by atoms with Gasteiger partial charge in [-0.2, -0.15) is 5.10 Å². The number of aromatic amines is 1. The summed E-state index contributed by atoms with van der Waals surface area (Å²) in [5.74, 6) is 0.443. The Morgan fingerprint density at radius 2 is 2.23 bits per heavy atom. The molecule has 8 heteroatoms. The normalized spacial score (nSPS) is 15.2. The molecule has 4 heterocycles. The molecule has 1 saturated heterocycles. The lowest BCUT2D eigenvalue weighted by molar-refractivity contribution is 0.1000. The average molecular weight is 297 g/mol. The number of anilines is 1. The van der Waals surface area contributed by atoms with Crippen LogP contribution in [0.3, 0.4) is 0 Å². The number of hydrogen-bond acceptors (Lipinski definition) is 5. The fraction of sp³-hybridized carbons (Fsp3) is 0.286. The molecular weight excluding hydrogens is 282 g/mol. The zero-order valence-electron chi connectivity index (χ0n) is 12.0. The summed E-state index contributed by atoms with van der Waals surface area (Å²) in [6, 6.07) is 2.22. The van der Waals surface area contributed by atoms with E-state index in [0.717, 1.165) is 35.6 Å². The lowest BCUT2D eigenvalue weighted by Gasteiger charge is -2.40. The van der Waals surface area contributed by atoms with Crippen LogP contribution in [0.2, 0.25) is 0 Å². The minimum absolute atomic E-state index is 0.217. The van der Waals surface area contributed by atoms with Crippen molar-refractivity contribution in [2.75, 3.05) is 18.0 Å². The van der Waals surface area contributed by atoms with E-state index in [1.807, 2.05) is 13.0 Å². The molecule has 0 unspecified atom stereocenters. The average Bonchev–Trinajstić information content (AvgIpc) is 3.03. The molecule has 112 valence electrons. The Bertz CT molecular complexity index is 859. The van der Waals surface area contributed by atoms with E-state index in [-0.39, 0.29) is 6.04 Å². The van der Waals surface area contributed by atoms with Crippen LogP contribution >= 0.6 is 0 Å². The van der Waals surface area contributed by atoms with E-state index >= 15 is 0 Å². The van der Waals surface area contributed by atoms with Gasteiger partial charge in [-0.05, 0) is 13.0 Å². The third kappa shape index (κ3) is 1.92. The standard InChI is InChI=1S/C14H15N7O/c1-8-2-11-12(19-8)14(17-7-16-11)20-5-10(6-20)21-4-9(3-18-21)13(15)22/h2-4,7,10,19H,5-6H2,1H3,(H2,15,22). The second-order valence-electron chi connectivity index (χ2n) is 5.54. The highest BCUT2D eigenvalue weighted by Crippen LogP contribution is 2.30. The largest absolute Gasteiger partial charge is 0.366 e. The second kappa shape index (κ2) is 4.55. The minimum atomic E-state index is -0.457. The van der Waals surface area contributed by atoms with Crippen LogP contribution in [0.25, 0.3) is 11.0 Å². The quantitative estimate of drug-likeness (QED) is 0.737. The first-order valence-electron chi connectivity index (χ1n) is 7.01. The van der Waals surface area contributed by atoms with Gasteiger partial charge in [-0.1, -0.05) is 0 Å². The molecular formula is C14H15N7O. The number of nitrogens with one attached hydrogen (secondary N) is 1. The molecule has 3 N–H and O–H groups in total. The SMILES string of the molecule is Cc1cc2ncnc(N3CC(n4cc(C(N)=O)cn4)C3)c2[nH]1. The Labute approximate surface area is 126 Å². The number of hydrogen-bond donors (Lipinski definition) is 2. The Hall–Kier alpha value is -2.90. The topological polar surface area (TPSA) is 106 Å². The number of carbonyl (C=O) groups is 1. The molecule has 22 heavy (non-hydrogen) atoms. The first-order chi connectivity index (χ1) is 10.6. The fourth-order valence-electron chi connectivity index (χ4n) is 2.76. The predicted octanol–water partition coefficient (Wildman–Crippen LogP) is 0.623. The molecule has 1 aliphatic heterocycles. The fourth-order valence-corrected chi connectivity index (χ4v) is 2.76. The summed E-state index contributed by atoms with van der Waals surface area (Å²) in [4.78, 5) is 25.2. The first kappa shape index (κ1) is 12.8. The maximum absolute atomic E-state index is 11.1. The summed E-state index contributed by atoms with van der Waals surface area (Å²) in [7, 11) is 0. The van der Waals surface area contributed by atoms with Crippen molar-refractivity contribution in [3.05, 3.63) is 36.0 Å². The molecule has 0 radical (unpaired) electrons. The van der Waals surface area contributed by atoms with Crippen molar-refractivity contribution >= 4 is 22.8 Å². The van der Waals surface area contributed by atoms with Gasteiger partial charge in [-0.25, -0.2) is 9.97 Å². The molecule has 8 nitrogen and oxygen atoms in total. The lowest BCUT2D eigenvalue weighted by Crippen LogP contribution is -2.48. The molecule has 0 saturated carbocycles. The van der Waals surface area contributed by atoms with Gasteiger partial charge in [0.15, 0.2) is 5.82 Å². The van der Waals surface area contributed by atoms with Crippen LogP contribution in [-0.4, -0.2) is 43.7 Å². The van der Waals surface area contributed by atoms with E-state index in [1.165, 1.54) is 6.20 Å². The molecule has 1 aliphatic rings. The number of nitrogens with two attached hydrogens (primary N) is 1. The van der Waals surface area contributed by atoms with Crippen molar-refractivity contribution in [1.29, 1.82) is 0 Å². The Kier molecular flexibility index (Phi) is 2.65. The Balaban J connectivity index is 1.55. The monoisotopic (exact) mass is 297 g/mol. The third-order valence-electron chi connectivity index (χ3n) is 3.95. The molecule has 0 bridgehead atoms. The number of amides is 1. The van der Waals surface area contributed by atoms with Gasteiger partial charge in [0, 0.05) is 25.0 Å². The van der Waals surface area contributed by atoms with Crippen LogP contribution in [0.15, 0.2) is 24.8 Å². The van der Waals surface area contributed by atoms with Gasteiger partial charge >= 0.3 is 0 Å². The molecule has 0 atom stereocenters. The number of rotatable bonds is 3. The maximum Gasteiger partial charge on any atom is 0.251 e. The van der Waals surface area contributed by atoms with Gasteiger partial charge in [0.05, 0.1) is 23.3 Å². The van der Waals surface area contributed by atoms with E-state index in [1.54, 1.807) is 17.2 Å². The number of carbonyl (C=O) groups excluding carboxylic acids is 1. The van der Waals surface area contributed by atoms with Crippen LogP contribution in [0, 0.1) is 6.92 Å². The highest BCUT2D eigenvalue weighted by Gasteiger charge is 2.31. The third-order valence-corrected chi connectivity index (χ3v) is 3.95. The van der Waals surface area contributed by atoms with Gasteiger partial charge in [-0.3, -0.25) is 9.48 Å². The van der Waals surface area contributed by atoms with E-state index in [9.17, 15) is 4.79 Å². The zero-order valence-corrected chi connectivity index (χ0v) is 12.0. The Morgan fingerprint density at radius 1 is 1.41 bits per heavy atom. The van der Waals surface area contributed by atoms with Gasteiger partial charge in [0.25, 0.3) is 5.91 Å². The van der Waals surface area contributed by atoms with Crippen LogP contribution in [0.4, 0.5) is 5.82 Å². The highest BCUT2D eigenvalue weighted by atomic mass is 16.1. The van der Waals surface area contributed by atoms with Gasteiger partial charge in [-0.15, -0.1) is 0 Å². The molecule has 0 aliphatic carbocycles. The molecule has 1 amide bonds. The van der Waals surface area contributed by atoms with Crippen LogP contribution in [0.5, 0.6) is 0 Å². The maximum atomic E-state index is 11.1. The van der Waals surface area contributed by atoms with E-state index < -0.39 is 5.91 Å². The predicted molar refractivity (Wildman–Crippen MR) is 80.6 cm³/mol. The number of fused-ring (bicyclic) bond motifs is 1. The van der Waals surface area contributed by atoms with Gasteiger partial charge in [0.2, 0.25) is 0 Å². The highest BCUT2D eigenvalue weighted by molar-refractivity contribution is 5.92. The first-order valence-corrected chi connectivity index (χ1v) is 7.01. The molecule has 0 spiro atoms. The van der Waals surface area contributed by atoms with Gasteiger partial charge < -0.3 is 15.6 Å². The van der Waals surface area contributed by atoms with Crippen molar-refractivity contribution < 1.29 is 4.79 Å². The van der Waals surface area contributed by atoms with Crippen molar-refractivity contribution in [2.24, 2.45) is 5.73 Å². The summed E-state index contributed by atoms with van der Waals surface area (Å²) in [5.41, 5.74) is 8.61. The summed E-state index contributed by atoms with van der Waals surface area (Å²) >= 11 is 0. The summed E-state index contributed by atoms with van der Waals surface area (Å²) in [6.07, 6.45) is 4.78. The number of nitrogens with zero attached hydrogens (tertiary/aromatic N) is 5. The molecule has 3 aromatic heterocycles. The molecule has 1 fully saturated rings. The molecule has 0 aromatic carbocycles. The van der Waals surface area contributed by atoms with Crippen LogP contribution in [-0.2, 0) is 0 Å². The van der Waals surface area contributed by atoms with Crippen LogP contribution in [0.1, 0.15) is 22.1 Å². The van der Waals surface area contributed by atoms with Crippen molar-refractivity contribution in [3.63, 3.8) is 0 Å². The van der Waals surface area contributed by atoms with E-state index in [2.05, 4.69) is 25.0 Å². The Morgan fingerprint density at radius 3 is 2.95 bits per heavy atom. The summed E-state index contributed by atoms with van der Waals surface area (Å²) in [5, 5.41) is 4.20. The molecule has 4 rings (SSSR count). The number of aryl methyl sites for hydroxylation is 1. The number of H-pyrrole nitrogens is 1. The van der Waals surface area contributed by atoms with Crippen molar-refractivity contribution in [1.82, 2.24) is 24.7 Å². The van der Waals surface area contributed by atoms with Crippen LogP contribution < -0.4 is 10.6 Å². The van der Waals surface area contributed by atoms with Crippen molar-refractivity contribution in [2.45, 2.75) is 13.0 Å².